The number of benzene rings is 1. The molecule has 0 atom stereocenters. The van der Waals surface area contributed by atoms with Crippen molar-refractivity contribution in [3.05, 3.63) is 46.2 Å². The van der Waals surface area contributed by atoms with Crippen molar-refractivity contribution in [2.45, 2.75) is 6.92 Å². The molecular weight excluding hydrogens is 354 g/mol. The maximum Gasteiger partial charge on any atom is 0.409 e. The fourth-order valence-electron chi connectivity index (χ4n) is 2.43. The first-order valence-corrected chi connectivity index (χ1v) is 8.28. The summed E-state index contributed by atoms with van der Waals surface area (Å²) < 4.78 is 4.94. The molecule has 2 amide bonds. The zero-order chi connectivity index (χ0) is 19.8. The number of non-ortho nitro benzene ring substituents is 1. The second-order valence-corrected chi connectivity index (χ2v) is 5.63. The number of carbonyl (C=O) groups excluding carboxylic acids is 2. The molecule has 1 aromatic carbocycles. The molecule has 1 heterocycles. The Hall–Kier alpha value is -3.61. The van der Waals surface area contributed by atoms with Gasteiger partial charge in [0.2, 0.25) is 0 Å². The second-order valence-electron chi connectivity index (χ2n) is 5.63. The molecule has 27 heavy (non-hydrogen) atoms. The van der Waals surface area contributed by atoms with Gasteiger partial charge in [0.25, 0.3) is 11.6 Å². The molecule has 1 aromatic rings. The lowest BCUT2D eigenvalue weighted by molar-refractivity contribution is -0.384. The van der Waals surface area contributed by atoms with Gasteiger partial charge in [-0.05, 0) is 19.1 Å². The molecule has 0 aliphatic carbocycles. The van der Waals surface area contributed by atoms with Crippen molar-refractivity contribution in [3.8, 4) is 6.07 Å². The molecule has 1 aliphatic heterocycles. The average molecular weight is 373 g/mol. The van der Waals surface area contributed by atoms with Crippen LogP contribution in [0.25, 0.3) is 0 Å². The van der Waals surface area contributed by atoms with Crippen LogP contribution < -0.4 is 5.32 Å². The summed E-state index contributed by atoms with van der Waals surface area (Å²) in [7, 11) is 0. The lowest BCUT2D eigenvalue weighted by Gasteiger charge is -2.33. The second kappa shape index (κ2) is 9.19. The molecule has 10 heteroatoms. The standard InChI is InChI=1S/C17H19N5O5/c1-2-27-17(24)21-9-7-20(8-10-21)12-13(11-18)16(23)19-14-3-5-15(6-4-14)22(25)26/h3-6,12H,2,7-10H2,1H3,(H,19,23)/b13-12-. The number of rotatable bonds is 5. The first-order chi connectivity index (χ1) is 12.9. The van der Waals surface area contributed by atoms with Crippen LogP contribution in [-0.2, 0) is 9.53 Å². The zero-order valence-corrected chi connectivity index (χ0v) is 14.8. The number of hydrogen-bond acceptors (Lipinski definition) is 7. The molecule has 0 aromatic heterocycles. The molecule has 0 spiro atoms. The summed E-state index contributed by atoms with van der Waals surface area (Å²) >= 11 is 0. The van der Waals surface area contributed by atoms with Crippen LogP contribution in [0.3, 0.4) is 0 Å². The SMILES string of the molecule is CCOC(=O)N1CCN(/C=C(/C#N)C(=O)Nc2ccc([N+](=O)[O-])cc2)CC1. The van der Waals surface area contributed by atoms with E-state index < -0.39 is 10.8 Å². The van der Waals surface area contributed by atoms with Crippen molar-refractivity contribution in [2.24, 2.45) is 0 Å². The van der Waals surface area contributed by atoms with Gasteiger partial charge in [0.05, 0.1) is 11.5 Å². The zero-order valence-electron chi connectivity index (χ0n) is 14.8. The number of nitro groups is 1. The van der Waals surface area contributed by atoms with Gasteiger partial charge < -0.3 is 19.9 Å². The van der Waals surface area contributed by atoms with Gasteiger partial charge in [-0.1, -0.05) is 0 Å². The molecule has 1 fully saturated rings. The van der Waals surface area contributed by atoms with Crippen LogP contribution in [0.1, 0.15) is 6.92 Å². The number of nitriles is 1. The highest BCUT2D eigenvalue weighted by Crippen LogP contribution is 2.16. The minimum absolute atomic E-state index is 0.0940. The fourth-order valence-corrected chi connectivity index (χ4v) is 2.43. The lowest BCUT2D eigenvalue weighted by Crippen LogP contribution is -2.47. The van der Waals surface area contributed by atoms with E-state index in [1.165, 1.54) is 30.5 Å². The van der Waals surface area contributed by atoms with Crippen molar-refractivity contribution in [1.29, 1.82) is 5.26 Å². The van der Waals surface area contributed by atoms with Gasteiger partial charge in [-0.15, -0.1) is 0 Å². The van der Waals surface area contributed by atoms with Crippen LogP contribution in [-0.4, -0.2) is 59.5 Å². The van der Waals surface area contributed by atoms with E-state index in [4.69, 9.17) is 4.74 Å². The Morgan fingerprint density at radius 1 is 1.30 bits per heavy atom. The number of carbonyl (C=O) groups is 2. The van der Waals surface area contributed by atoms with E-state index in [1.807, 2.05) is 6.07 Å². The topological polar surface area (TPSA) is 129 Å². The Balaban J connectivity index is 1.95. The number of anilines is 1. The number of nitro benzene ring substituents is 1. The Kier molecular flexibility index (Phi) is 6.71. The van der Waals surface area contributed by atoms with Crippen LogP contribution >= 0.6 is 0 Å². The smallest absolute Gasteiger partial charge is 0.409 e. The van der Waals surface area contributed by atoms with E-state index in [0.717, 1.165) is 0 Å². The third-order valence-electron chi connectivity index (χ3n) is 3.85. The molecule has 1 saturated heterocycles. The Labute approximate surface area is 155 Å². The van der Waals surface area contributed by atoms with E-state index in [-0.39, 0.29) is 17.4 Å². The quantitative estimate of drug-likeness (QED) is 0.360. The number of ether oxygens (including phenoxy) is 1. The van der Waals surface area contributed by atoms with Gasteiger partial charge in [-0.2, -0.15) is 5.26 Å². The summed E-state index contributed by atoms with van der Waals surface area (Å²) in [5.41, 5.74) is 0.153. The number of amides is 2. The summed E-state index contributed by atoms with van der Waals surface area (Å²) in [5, 5.41) is 22.4. The normalized spacial score (nSPS) is 14.3. The van der Waals surface area contributed by atoms with E-state index >= 15 is 0 Å². The minimum atomic E-state index is -0.612. The van der Waals surface area contributed by atoms with E-state index in [2.05, 4.69) is 5.32 Å². The molecule has 0 bridgehead atoms. The average Bonchev–Trinajstić information content (AvgIpc) is 2.67. The number of hydrogen-bond donors (Lipinski definition) is 1. The molecule has 2 rings (SSSR count). The predicted octanol–water partition coefficient (Wildman–Crippen LogP) is 1.71. The van der Waals surface area contributed by atoms with Crippen LogP contribution in [0.2, 0.25) is 0 Å². The highest BCUT2D eigenvalue weighted by Gasteiger charge is 2.21. The molecule has 1 N–H and O–H groups in total. The van der Waals surface area contributed by atoms with Crippen molar-refractivity contribution >= 4 is 23.4 Å². The number of piperazine rings is 1. The Morgan fingerprint density at radius 3 is 2.44 bits per heavy atom. The molecule has 142 valence electrons. The molecular formula is C17H19N5O5. The van der Waals surface area contributed by atoms with Crippen molar-refractivity contribution in [2.75, 3.05) is 38.1 Å². The highest BCUT2D eigenvalue weighted by molar-refractivity contribution is 6.06. The van der Waals surface area contributed by atoms with Crippen LogP contribution in [0, 0.1) is 21.4 Å². The summed E-state index contributed by atoms with van der Waals surface area (Å²) in [6.07, 6.45) is 1.07. The van der Waals surface area contributed by atoms with Crippen LogP contribution in [0.5, 0.6) is 0 Å². The Morgan fingerprint density at radius 2 is 1.93 bits per heavy atom. The van der Waals surface area contributed by atoms with Crippen LogP contribution in [0.15, 0.2) is 36.0 Å². The minimum Gasteiger partial charge on any atom is -0.450 e. The van der Waals surface area contributed by atoms with Gasteiger partial charge >= 0.3 is 6.09 Å². The van der Waals surface area contributed by atoms with Crippen molar-refractivity contribution in [3.63, 3.8) is 0 Å². The monoisotopic (exact) mass is 373 g/mol. The summed E-state index contributed by atoms with van der Waals surface area (Å²) in [6.45, 7) is 3.83. The summed E-state index contributed by atoms with van der Waals surface area (Å²) in [6, 6.07) is 7.16. The molecule has 0 saturated carbocycles. The number of nitrogens with zero attached hydrogens (tertiary/aromatic N) is 4. The third kappa shape index (κ3) is 5.43. The van der Waals surface area contributed by atoms with Gasteiger partial charge in [0.1, 0.15) is 11.6 Å². The fraction of sp³-hybridized carbons (Fsp3) is 0.353. The largest absolute Gasteiger partial charge is 0.450 e. The van der Waals surface area contributed by atoms with Gasteiger partial charge in [-0.25, -0.2) is 4.79 Å². The van der Waals surface area contributed by atoms with E-state index in [0.29, 0.717) is 38.5 Å². The summed E-state index contributed by atoms with van der Waals surface area (Å²) in [5.74, 6) is -0.612. The van der Waals surface area contributed by atoms with Crippen LogP contribution in [0.4, 0.5) is 16.2 Å². The van der Waals surface area contributed by atoms with E-state index in [9.17, 15) is 25.0 Å². The van der Waals surface area contributed by atoms with Crippen molar-refractivity contribution < 1.29 is 19.2 Å². The molecule has 1 aliphatic rings. The van der Waals surface area contributed by atoms with Gasteiger partial charge in [-0.3, -0.25) is 14.9 Å². The van der Waals surface area contributed by atoms with Gasteiger partial charge in [0.15, 0.2) is 0 Å². The Bertz CT molecular complexity index is 776. The summed E-state index contributed by atoms with van der Waals surface area (Å²) in [4.78, 5) is 37.4. The van der Waals surface area contributed by atoms with Crippen molar-refractivity contribution in [1.82, 2.24) is 9.80 Å². The van der Waals surface area contributed by atoms with Gasteiger partial charge in [0, 0.05) is 50.2 Å². The maximum atomic E-state index is 12.2. The molecule has 0 unspecified atom stereocenters. The first-order valence-electron chi connectivity index (χ1n) is 8.28. The molecule has 10 nitrogen and oxygen atoms in total. The first kappa shape index (κ1) is 19.7. The highest BCUT2D eigenvalue weighted by atomic mass is 16.6. The third-order valence-corrected chi connectivity index (χ3v) is 3.85. The maximum absolute atomic E-state index is 12.2. The predicted molar refractivity (Wildman–Crippen MR) is 95.6 cm³/mol. The van der Waals surface area contributed by atoms with E-state index in [1.54, 1.807) is 16.7 Å². The molecule has 0 radical (unpaired) electrons. The number of nitrogens with one attached hydrogen (secondary N) is 1. The lowest BCUT2D eigenvalue weighted by atomic mass is 10.2.